The molecule has 0 spiro atoms. The van der Waals surface area contributed by atoms with E-state index in [0.29, 0.717) is 10.8 Å². The first-order valence-corrected chi connectivity index (χ1v) is 8.81. The van der Waals surface area contributed by atoms with Crippen molar-refractivity contribution < 1.29 is 14.3 Å². The Bertz CT molecular complexity index is 1110. The lowest BCUT2D eigenvalue weighted by Crippen LogP contribution is -1.95. The second-order valence-corrected chi connectivity index (χ2v) is 6.50. The highest BCUT2D eigenvalue weighted by Gasteiger charge is 2.14. The normalized spacial score (nSPS) is 11.7. The average Bonchev–Trinajstić information content (AvgIpc) is 3.18. The molecule has 0 aliphatic carbocycles. The van der Waals surface area contributed by atoms with E-state index in [-0.39, 0.29) is 17.3 Å². The molecule has 0 atom stereocenters. The fourth-order valence-electron chi connectivity index (χ4n) is 2.63. The number of carbonyl (C=O) groups excluding carboxylic acids is 1. The third-order valence-electron chi connectivity index (χ3n) is 3.90. The van der Waals surface area contributed by atoms with Gasteiger partial charge in [0.25, 0.3) is 11.1 Å². The zero-order chi connectivity index (χ0) is 18.1. The molecule has 4 rings (SSSR count). The van der Waals surface area contributed by atoms with Crippen LogP contribution in [0, 0.1) is 0 Å². The summed E-state index contributed by atoms with van der Waals surface area (Å²) in [5.41, 5.74) is 2.50. The third kappa shape index (κ3) is 2.95. The predicted molar refractivity (Wildman–Crippen MR) is 98.8 cm³/mol. The van der Waals surface area contributed by atoms with E-state index >= 15 is 0 Å². The van der Waals surface area contributed by atoms with Gasteiger partial charge in [0.1, 0.15) is 5.52 Å². The highest BCUT2D eigenvalue weighted by molar-refractivity contribution is 7.99. The molecule has 2 heterocycles. The molecule has 2 aromatic carbocycles. The molecule has 0 aliphatic heterocycles. The number of hydrogen-bond donors (Lipinski definition) is 1. The Hall–Kier alpha value is -3.13. The standard InChI is InChI=1S/C18H14N4O3S/c1-22-13-8-4-2-6-11(13)16(17(22)24)21-20-15(23)10-26-18-19-12-7-3-5-9-14(12)25-18/h2-9,24H,10H2,1H3. The fraction of sp³-hybridized carbons (Fsp3) is 0.111. The number of nitrogens with zero attached hydrogens (tertiary/aromatic N) is 4. The van der Waals surface area contributed by atoms with Crippen molar-refractivity contribution in [2.75, 3.05) is 5.75 Å². The van der Waals surface area contributed by atoms with Crippen LogP contribution in [0.25, 0.3) is 22.0 Å². The van der Waals surface area contributed by atoms with Crippen molar-refractivity contribution in [3.63, 3.8) is 0 Å². The number of fused-ring (bicyclic) bond motifs is 2. The van der Waals surface area contributed by atoms with Crippen LogP contribution in [0.1, 0.15) is 0 Å². The maximum Gasteiger partial charge on any atom is 0.275 e. The van der Waals surface area contributed by atoms with E-state index in [1.54, 1.807) is 11.6 Å². The van der Waals surface area contributed by atoms with Gasteiger partial charge < -0.3 is 14.1 Å². The molecule has 0 radical (unpaired) electrons. The molecule has 8 heteroatoms. The highest BCUT2D eigenvalue weighted by atomic mass is 32.2. The number of aromatic hydroxyl groups is 1. The Morgan fingerprint density at radius 1 is 1.23 bits per heavy atom. The summed E-state index contributed by atoms with van der Waals surface area (Å²) in [6.45, 7) is 0. The number of oxazole rings is 1. The summed E-state index contributed by atoms with van der Waals surface area (Å²) in [7, 11) is 1.72. The van der Waals surface area contributed by atoms with Crippen molar-refractivity contribution in [2.24, 2.45) is 17.3 Å². The van der Waals surface area contributed by atoms with Crippen LogP contribution >= 0.6 is 11.8 Å². The molecule has 0 aliphatic rings. The molecular weight excluding hydrogens is 352 g/mol. The van der Waals surface area contributed by atoms with E-state index in [0.717, 1.165) is 28.2 Å². The summed E-state index contributed by atoms with van der Waals surface area (Å²) in [5.74, 6) is -0.430. The number of aryl methyl sites for hydroxylation is 1. The van der Waals surface area contributed by atoms with Gasteiger partial charge in [-0.3, -0.25) is 4.79 Å². The predicted octanol–water partition coefficient (Wildman–Crippen LogP) is 4.43. The number of benzene rings is 2. The SMILES string of the molecule is Cn1c(O)c(N=NC(=O)CSc2nc3ccccc3o2)c2ccccc21. The van der Waals surface area contributed by atoms with Gasteiger partial charge in [-0.05, 0) is 18.2 Å². The lowest BCUT2D eigenvalue weighted by molar-refractivity contribution is -0.115. The molecule has 1 N–H and O–H groups in total. The molecule has 2 aromatic heterocycles. The minimum Gasteiger partial charge on any atom is -0.493 e. The van der Waals surface area contributed by atoms with Gasteiger partial charge in [0.15, 0.2) is 11.3 Å². The summed E-state index contributed by atoms with van der Waals surface area (Å²) in [5, 5.41) is 19.0. The molecule has 4 aromatic rings. The van der Waals surface area contributed by atoms with Crippen LogP contribution in [0.4, 0.5) is 5.69 Å². The Balaban J connectivity index is 1.49. The molecule has 0 fully saturated rings. The lowest BCUT2D eigenvalue weighted by Gasteiger charge is -1.95. The number of carbonyl (C=O) groups is 1. The molecule has 0 unspecified atom stereocenters. The molecule has 0 bridgehead atoms. The monoisotopic (exact) mass is 366 g/mol. The summed E-state index contributed by atoms with van der Waals surface area (Å²) in [6.07, 6.45) is 0. The van der Waals surface area contributed by atoms with E-state index in [1.807, 2.05) is 48.5 Å². The quantitative estimate of drug-likeness (QED) is 0.426. The van der Waals surface area contributed by atoms with Crippen LogP contribution in [-0.4, -0.2) is 26.3 Å². The number of para-hydroxylation sites is 3. The molecule has 26 heavy (non-hydrogen) atoms. The van der Waals surface area contributed by atoms with Crippen LogP contribution in [0.3, 0.4) is 0 Å². The van der Waals surface area contributed by atoms with Gasteiger partial charge in [-0.25, -0.2) is 4.98 Å². The lowest BCUT2D eigenvalue weighted by atomic mass is 10.2. The van der Waals surface area contributed by atoms with Gasteiger partial charge in [-0.2, -0.15) is 0 Å². The van der Waals surface area contributed by atoms with Crippen molar-refractivity contribution in [3.8, 4) is 5.88 Å². The summed E-state index contributed by atoms with van der Waals surface area (Å²) in [4.78, 5) is 16.3. The topological polar surface area (TPSA) is 93.0 Å². The molecule has 0 saturated carbocycles. The van der Waals surface area contributed by atoms with Gasteiger partial charge in [-0.15, -0.1) is 10.2 Å². The largest absolute Gasteiger partial charge is 0.493 e. The zero-order valence-electron chi connectivity index (χ0n) is 13.8. The molecule has 7 nitrogen and oxygen atoms in total. The first-order chi connectivity index (χ1) is 12.6. The van der Waals surface area contributed by atoms with Crippen LogP contribution in [0.15, 0.2) is 68.4 Å². The second kappa shape index (κ2) is 6.64. The summed E-state index contributed by atoms with van der Waals surface area (Å²) in [6, 6.07) is 14.8. The Morgan fingerprint density at radius 3 is 2.85 bits per heavy atom. The van der Waals surface area contributed by atoms with Crippen molar-refractivity contribution in [1.82, 2.24) is 9.55 Å². The number of hydrogen-bond acceptors (Lipinski definition) is 6. The number of amides is 1. The average molecular weight is 366 g/mol. The van der Waals surface area contributed by atoms with E-state index in [9.17, 15) is 9.90 Å². The van der Waals surface area contributed by atoms with Gasteiger partial charge in [0.05, 0.1) is 11.3 Å². The molecule has 0 saturated heterocycles. The van der Waals surface area contributed by atoms with Gasteiger partial charge in [0.2, 0.25) is 5.88 Å². The number of rotatable bonds is 4. The van der Waals surface area contributed by atoms with Gasteiger partial charge >= 0.3 is 0 Å². The zero-order valence-corrected chi connectivity index (χ0v) is 14.6. The number of aromatic nitrogens is 2. The molecule has 130 valence electrons. The van der Waals surface area contributed by atoms with Gasteiger partial charge in [-0.1, -0.05) is 42.1 Å². The third-order valence-corrected chi connectivity index (χ3v) is 4.72. The van der Waals surface area contributed by atoms with Gasteiger partial charge in [0, 0.05) is 12.4 Å². The summed E-state index contributed by atoms with van der Waals surface area (Å²) >= 11 is 1.15. The maximum atomic E-state index is 12.0. The van der Waals surface area contributed by atoms with Crippen molar-refractivity contribution in [1.29, 1.82) is 0 Å². The second-order valence-electron chi connectivity index (χ2n) is 5.58. The molecular formula is C18H14N4O3S. The minimum absolute atomic E-state index is 0.0330. The first kappa shape index (κ1) is 16.3. The highest BCUT2D eigenvalue weighted by Crippen LogP contribution is 2.37. The first-order valence-electron chi connectivity index (χ1n) is 7.83. The van der Waals surface area contributed by atoms with Crippen LogP contribution < -0.4 is 0 Å². The Labute approximate surface area is 152 Å². The van der Waals surface area contributed by atoms with Crippen molar-refractivity contribution in [3.05, 3.63) is 48.5 Å². The molecule has 1 amide bonds. The summed E-state index contributed by atoms with van der Waals surface area (Å²) < 4.78 is 7.14. The van der Waals surface area contributed by atoms with Crippen LogP contribution in [0.5, 0.6) is 5.88 Å². The van der Waals surface area contributed by atoms with Crippen molar-refractivity contribution in [2.45, 2.75) is 5.22 Å². The van der Waals surface area contributed by atoms with Crippen LogP contribution in [-0.2, 0) is 11.8 Å². The Morgan fingerprint density at radius 2 is 2.00 bits per heavy atom. The van der Waals surface area contributed by atoms with Crippen molar-refractivity contribution >= 4 is 45.4 Å². The number of azo groups is 1. The van der Waals surface area contributed by atoms with E-state index in [4.69, 9.17) is 4.42 Å². The van der Waals surface area contributed by atoms with E-state index < -0.39 is 5.91 Å². The number of thioether (sulfide) groups is 1. The maximum absolute atomic E-state index is 12.0. The fourth-order valence-corrected chi connectivity index (χ4v) is 3.25. The smallest absolute Gasteiger partial charge is 0.275 e. The van der Waals surface area contributed by atoms with Crippen LogP contribution in [0.2, 0.25) is 0 Å². The van der Waals surface area contributed by atoms with E-state index in [2.05, 4.69) is 15.2 Å². The Kier molecular flexibility index (Phi) is 4.18. The minimum atomic E-state index is -0.440. The van der Waals surface area contributed by atoms with E-state index in [1.165, 1.54) is 0 Å².